The largest absolute Gasteiger partial charge is 0.453 e. The molecule has 0 bridgehead atoms. The van der Waals surface area contributed by atoms with E-state index < -0.39 is 6.09 Å². The smallest absolute Gasteiger partial charge is 0.411 e. The molecular formula is C21H16FN3O2. The molecule has 0 aliphatic heterocycles. The predicted molar refractivity (Wildman–Crippen MR) is 102 cm³/mol. The van der Waals surface area contributed by atoms with Gasteiger partial charge < -0.3 is 4.74 Å². The van der Waals surface area contributed by atoms with E-state index in [-0.39, 0.29) is 5.82 Å². The molecule has 0 aliphatic carbocycles. The number of nitrogens with one attached hydrogen (secondary N) is 1. The van der Waals surface area contributed by atoms with E-state index in [1.54, 1.807) is 24.4 Å². The molecule has 0 unspecified atom stereocenters. The Morgan fingerprint density at radius 2 is 1.85 bits per heavy atom. The van der Waals surface area contributed by atoms with E-state index in [4.69, 9.17) is 0 Å². The van der Waals surface area contributed by atoms with Crippen molar-refractivity contribution in [3.05, 3.63) is 78.9 Å². The van der Waals surface area contributed by atoms with Crippen LogP contribution in [0.15, 0.2) is 73.1 Å². The number of pyridine rings is 1. The van der Waals surface area contributed by atoms with Crippen LogP contribution in [-0.4, -0.2) is 22.6 Å². The molecule has 4 rings (SSSR count). The number of aromatic nitrogens is 2. The lowest BCUT2D eigenvalue weighted by Gasteiger charge is -2.07. The zero-order valence-corrected chi connectivity index (χ0v) is 14.5. The van der Waals surface area contributed by atoms with Crippen molar-refractivity contribution in [1.29, 1.82) is 0 Å². The van der Waals surface area contributed by atoms with Crippen LogP contribution < -0.4 is 5.32 Å². The lowest BCUT2D eigenvalue weighted by atomic mass is 10.1. The molecular weight excluding hydrogens is 345 g/mol. The molecule has 2 aromatic heterocycles. The van der Waals surface area contributed by atoms with Gasteiger partial charge in [-0.05, 0) is 47.5 Å². The van der Waals surface area contributed by atoms with E-state index in [0.717, 1.165) is 28.0 Å². The van der Waals surface area contributed by atoms with E-state index in [9.17, 15) is 9.18 Å². The molecule has 0 fully saturated rings. The molecule has 0 aliphatic rings. The number of hydrogen-bond acceptors (Lipinski definition) is 3. The van der Waals surface area contributed by atoms with Crippen LogP contribution in [-0.2, 0) is 4.74 Å². The van der Waals surface area contributed by atoms with E-state index in [1.165, 1.54) is 19.2 Å². The molecule has 1 amide bonds. The van der Waals surface area contributed by atoms with Crippen LogP contribution in [0.1, 0.15) is 0 Å². The first kappa shape index (κ1) is 16.8. The molecule has 1 N–H and O–H groups in total. The van der Waals surface area contributed by atoms with Crippen LogP contribution >= 0.6 is 0 Å². The number of fused-ring (bicyclic) bond motifs is 1. The number of halogens is 1. The van der Waals surface area contributed by atoms with Gasteiger partial charge in [-0.15, -0.1) is 0 Å². The van der Waals surface area contributed by atoms with Crippen LogP contribution in [0, 0.1) is 5.82 Å². The van der Waals surface area contributed by atoms with Crippen molar-refractivity contribution in [2.24, 2.45) is 0 Å². The summed E-state index contributed by atoms with van der Waals surface area (Å²) >= 11 is 0. The van der Waals surface area contributed by atoms with Gasteiger partial charge in [-0.2, -0.15) is 0 Å². The highest BCUT2D eigenvalue weighted by molar-refractivity contribution is 5.85. The fourth-order valence-electron chi connectivity index (χ4n) is 2.94. The topological polar surface area (TPSA) is 55.6 Å². The van der Waals surface area contributed by atoms with Crippen LogP contribution in [0.25, 0.3) is 28.0 Å². The highest BCUT2D eigenvalue weighted by atomic mass is 19.1. The Morgan fingerprint density at radius 1 is 1.04 bits per heavy atom. The Balaban J connectivity index is 1.71. The number of methoxy groups -OCH3 is 1. The van der Waals surface area contributed by atoms with Crippen molar-refractivity contribution < 1.29 is 13.9 Å². The highest BCUT2D eigenvalue weighted by Crippen LogP contribution is 2.27. The molecule has 0 atom stereocenters. The predicted octanol–water partition coefficient (Wildman–Crippen LogP) is 4.99. The van der Waals surface area contributed by atoms with Gasteiger partial charge >= 0.3 is 6.09 Å². The molecule has 27 heavy (non-hydrogen) atoms. The van der Waals surface area contributed by atoms with Gasteiger partial charge in [0.05, 0.1) is 19.0 Å². The maximum atomic E-state index is 13.1. The fourth-order valence-corrected chi connectivity index (χ4v) is 2.94. The molecule has 0 saturated heterocycles. The number of rotatable bonds is 3. The number of anilines is 1. The number of nitrogens with zero attached hydrogens (tertiary/aromatic N) is 2. The van der Waals surface area contributed by atoms with E-state index in [1.807, 2.05) is 40.9 Å². The first-order chi connectivity index (χ1) is 13.1. The second-order valence-electron chi connectivity index (χ2n) is 5.99. The summed E-state index contributed by atoms with van der Waals surface area (Å²) in [6.45, 7) is 0. The molecule has 4 aromatic rings. The van der Waals surface area contributed by atoms with Crippen molar-refractivity contribution in [3.63, 3.8) is 0 Å². The zero-order valence-electron chi connectivity index (χ0n) is 14.5. The minimum Gasteiger partial charge on any atom is -0.453 e. The Morgan fingerprint density at radius 3 is 2.63 bits per heavy atom. The number of ether oxygens (including phenoxy) is 1. The maximum absolute atomic E-state index is 13.1. The zero-order chi connectivity index (χ0) is 18.8. The molecule has 2 heterocycles. The van der Waals surface area contributed by atoms with Crippen molar-refractivity contribution in [3.8, 4) is 22.4 Å². The van der Waals surface area contributed by atoms with Crippen LogP contribution in [0.3, 0.4) is 0 Å². The normalized spacial score (nSPS) is 10.7. The van der Waals surface area contributed by atoms with Gasteiger partial charge in [0.2, 0.25) is 0 Å². The minimum atomic E-state index is -0.519. The van der Waals surface area contributed by atoms with E-state index in [0.29, 0.717) is 5.69 Å². The fraction of sp³-hybridized carbons (Fsp3) is 0.0476. The van der Waals surface area contributed by atoms with Crippen molar-refractivity contribution in [2.75, 3.05) is 12.4 Å². The lowest BCUT2D eigenvalue weighted by Crippen LogP contribution is -2.10. The van der Waals surface area contributed by atoms with E-state index in [2.05, 4.69) is 15.0 Å². The average molecular weight is 361 g/mol. The third-order valence-electron chi connectivity index (χ3n) is 4.28. The maximum Gasteiger partial charge on any atom is 0.411 e. The lowest BCUT2D eigenvalue weighted by molar-refractivity contribution is 0.187. The number of benzene rings is 2. The van der Waals surface area contributed by atoms with Gasteiger partial charge in [-0.1, -0.05) is 24.3 Å². The SMILES string of the molecule is COC(=O)Nc1cccc(-c2cnc3cc(-c4ccc(F)cc4)ccn23)c1. The minimum absolute atomic E-state index is 0.261. The monoisotopic (exact) mass is 361 g/mol. The first-order valence-corrected chi connectivity index (χ1v) is 8.32. The average Bonchev–Trinajstić information content (AvgIpc) is 3.12. The van der Waals surface area contributed by atoms with Crippen molar-refractivity contribution in [1.82, 2.24) is 9.38 Å². The molecule has 0 spiro atoms. The Bertz CT molecular complexity index is 1120. The third-order valence-corrected chi connectivity index (χ3v) is 4.28. The van der Waals surface area contributed by atoms with Gasteiger partial charge in [0.1, 0.15) is 11.5 Å². The summed E-state index contributed by atoms with van der Waals surface area (Å²) in [7, 11) is 1.32. The summed E-state index contributed by atoms with van der Waals surface area (Å²) in [4.78, 5) is 15.9. The van der Waals surface area contributed by atoms with Crippen LogP contribution in [0.4, 0.5) is 14.9 Å². The standard InChI is InChI=1S/C21H16FN3O2/c1-27-21(26)24-18-4-2-3-16(11-18)19-13-23-20-12-15(9-10-25(19)20)14-5-7-17(22)8-6-14/h2-13H,1H3,(H,24,26). The summed E-state index contributed by atoms with van der Waals surface area (Å²) in [5.41, 5.74) is 5.10. The molecule has 6 heteroatoms. The number of amides is 1. The number of imidazole rings is 1. The number of hydrogen-bond donors (Lipinski definition) is 1. The molecule has 134 valence electrons. The van der Waals surface area contributed by atoms with Crippen molar-refractivity contribution >= 4 is 17.4 Å². The Kier molecular flexibility index (Phi) is 4.30. The quantitative estimate of drug-likeness (QED) is 0.559. The second-order valence-corrected chi connectivity index (χ2v) is 5.99. The molecule has 0 radical (unpaired) electrons. The number of carbonyl (C=O) groups excluding carboxylic acids is 1. The summed E-state index contributed by atoms with van der Waals surface area (Å²) in [6.07, 6.45) is 3.19. The van der Waals surface area contributed by atoms with E-state index >= 15 is 0 Å². The summed E-state index contributed by atoms with van der Waals surface area (Å²) in [5.74, 6) is -0.261. The molecule has 0 saturated carbocycles. The molecule has 5 nitrogen and oxygen atoms in total. The van der Waals surface area contributed by atoms with Gasteiger partial charge in [0.25, 0.3) is 0 Å². The summed E-state index contributed by atoms with van der Waals surface area (Å²) < 4.78 is 19.7. The highest BCUT2D eigenvalue weighted by Gasteiger charge is 2.09. The summed E-state index contributed by atoms with van der Waals surface area (Å²) in [6, 6.07) is 17.7. The van der Waals surface area contributed by atoms with Gasteiger partial charge in [-0.25, -0.2) is 14.2 Å². The summed E-state index contributed by atoms with van der Waals surface area (Å²) in [5, 5.41) is 2.66. The molecule has 2 aromatic carbocycles. The first-order valence-electron chi connectivity index (χ1n) is 8.32. The van der Waals surface area contributed by atoms with Gasteiger partial charge in [0, 0.05) is 17.4 Å². The Labute approximate surface area is 155 Å². The number of carbonyl (C=O) groups is 1. The second kappa shape index (κ2) is 6.92. The van der Waals surface area contributed by atoms with Crippen molar-refractivity contribution in [2.45, 2.75) is 0 Å². The van der Waals surface area contributed by atoms with Crippen LogP contribution in [0.5, 0.6) is 0 Å². The third kappa shape index (κ3) is 3.37. The van der Waals surface area contributed by atoms with Crippen LogP contribution in [0.2, 0.25) is 0 Å². The van der Waals surface area contributed by atoms with Gasteiger partial charge in [-0.3, -0.25) is 9.72 Å². The van der Waals surface area contributed by atoms with Gasteiger partial charge in [0.15, 0.2) is 0 Å². The Hall–Kier alpha value is -3.67.